The van der Waals surface area contributed by atoms with Crippen molar-refractivity contribution in [2.75, 3.05) is 13.4 Å². The highest BCUT2D eigenvalue weighted by Crippen LogP contribution is 2.37. The van der Waals surface area contributed by atoms with Gasteiger partial charge in [0.15, 0.2) is 11.5 Å². The molecule has 1 atom stereocenters. The van der Waals surface area contributed by atoms with E-state index in [-0.39, 0.29) is 12.5 Å². The van der Waals surface area contributed by atoms with Crippen LogP contribution in [-0.2, 0) is 11.2 Å². The van der Waals surface area contributed by atoms with E-state index in [9.17, 15) is 15.0 Å². The van der Waals surface area contributed by atoms with Crippen LogP contribution in [0.5, 0.6) is 23.1 Å². The van der Waals surface area contributed by atoms with Gasteiger partial charge in [0.25, 0.3) is 0 Å². The summed E-state index contributed by atoms with van der Waals surface area (Å²) in [6.07, 6.45) is 7.08. The Labute approximate surface area is 263 Å². The van der Waals surface area contributed by atoms with Crippen LogP contribution in [0.1, 0.15) is 50.5 Å². The van der Waals surface area contributed by atoms with Crippen LogP contribution in [-0.4, -0.2) is 40.6 Å². The lowest BCUT2D eigenvalue weighted by Gasteiger charge is -2.26. The van der Waals surface area contributed by atoms with Crippen molar-refractivity contribution in [3.63, 3.8) is 0 Å². The number of pyridine rings is 1. The number of hydrogen-bond donors (Lipinski definition) is 3. The van der Waals surface area contributed by atoms with Crippen molar-refractivity contribution < 1.29 is 29.2 Å². The lowest BCUT2D eigenvalue weighted by atomic mass is 9.88. The average Bonchev–Trinajstić information content (AvgIpc) is 3.51. The molecule has 45 heavy (non-hydrogen) atoms. The third kappa shape index (κ3) is 7.76. The van der Waals surface area contributed by atoms with Gasteiger partial charge in [0.05, 0.1) is 12.3 Å². The number of aromatic nitrogens is 1. The maximum absolute atomic E-state index is 12.1. The van der Waals surface area contributed by atoms with E-state index in [1.807, 2.05) is 54.6 Å². The number of allylic oxidation sites excluding steroid dienone is 2. The quantitative estimate of drug-likeness (QED) is 0.127. The Morgan fingerprint density at radius 1 is 0.867 bits per heavy atom. The summed E-state index contributed by atoms with van der Waals surface area (Å²) in [5, 5.41) is 22.8. The minimum atomic E-state index is -0.876. The van der Waals surface area contributed by atoms with E-state index in [0.29, 0.717) is 18.9 Å². The van der Waals surface area contributed by atoms with E-state index in [1.165, 1.54) is 5.57 Å². The highest BCUT2D eigenvalue weighted by molar-refractivity contribution is 5.75. The van der Waals surface area contributed by atoms with E-state index in [0.717, 1.165) is 90.1 Å². The summed E-state index contributed by atoms with van der Waals surface area (Å²) < 4.78 is 17.3. The fourth-order valence-corrected chi connectivity index (χ4v) is 5.62. The smallest absolute Gasteiger partial charge is 0.326 e. The van der Waals surface area contributed by atoms with Crippen LogP contribution in [0, 0.1) is 0 Å². The molecule has 3 aromatic carbocycles. The van der Waals surface area contributed by atoms with Gasteiger partial charge < -0.3 is 29.7 Å². The van der Waals surface area contributed by atoms with Gasteiger partial charge >= 0.3 is 5.97 Å². The van der Waals surface area contributed by atoms with Gasteiger partial charge in [-0.2, -0.15) is 0 Å². The normalized spacial score (nSPS) is 14.0. The molecule has 1 fully saturated rings. The van der Waals surface area contributed by atoms with E-state index in [4.69, 9.17) is 19.2 Å². The number of aromatic hydroxyl groups is 1. The molecule has 1 saturated carbocycles. The predicted molar refractivity (Wildman–Crippen MR) is 172 cm³/mol. The minimum Gasteiger partial charge on any atom is -0.508 e. The lowest BCUT2D eigenvalue weighted by molar-refractivity contribution is -0.139. The van der Waals surface area contributed by atoms with Crippen molar-refractivity contribution in [3.05, 3.63) is 102 Å². The second-order valence-electron chi connectivity index (χ2n) is 11.5. The number of aliphatic carboxylic acids is 1. The van der Waals surface area contributed by atoms with Gasteiger partial charge in [0.2, 0.25) is 12.7 Å². The minimum absolute atomic E-state index is 0.171. The molecule has 1 aliphatic carbocycles. The predicted octanol–water partition coefficient (Wildman–Crippen LogP) is 7.51. The summed E-state index contributed by atoms with van der Waals surface area (Å²) in [5.74, 6) is 1.34. The summed E-state index contributed by atoms with van der Waals surface area (Å²) in [6.45, 7) is 0.761. The average molecular weight is 607 g/mol. The molecule has 1 aromatic heterocycles. The van der Waals surface area contributed by atoms with Crippen molar-refractivity contribution >= 4 is 5.97 Å². The van der Waals surface area contributed by atoms with Gasteiger partial charge in [-0.15, -0.1) is 0 Å². The van der Waals surface area contributed by atoms with E-state index >= 15 is 0 Å². The van der Waals surface area contributed by atoms with E-state index < -0.39 is 12.0 Å². The first kappa shape index (κ1) is 30.1. The molecular weight excluding hydrogens is 568 g/mol. The molecule has 232 valence electrons. The maximum atomic E-state index is 12.1. The summed E-state index contributed by atoms with van der Waals surface area (Å²) >= 11 is 0. The number of carboxylic acid groups (broad SMARTS) is 1. The summed E-state index contributed by atoms with van der Waals surface area (Å²) in [6, 6.07) is 26.0. The number of unbranched alkanes of at least 4 members (excludes halogenated alkanes) is 2. The number of carboxylic acids is 1. The molecule has 2 heterocycles. The highest BCUT2D eigenvalue weighted by atomic mass is 16.7. The van der Waals surface area contributed by atoms with Crippen LogP contribution in [0.25, 0.3) is 22.4 Å². The molecule has 0 saturated heterocycles. The van der Waals surface area contributed by atoms with Crippen LogP contribution in [0.3, 0.4) is 0 Å². The molecule has 1 unspecified atom stereocenters. The van der Waals surface area contributed by atoms with Gasteiger partial charge in [-0.3, -0.25) is 0 Å². The van der Waals surface area contributed by atoms with E-state index in [1.54, 1.807) is 24.3 Å². The van der Waals surface area contributed by atoms with Crippen molar-refractivity contribution in [2.24, 2.45) is 0 Å². The second kappa shape index (κ2) is 14.2. The molecule has 0 amide bonds. The number of ether oxygens (including phenoxy) is 3. The van der Waals surface area contributed by atoms with Gasteiger partial charge in [-0.05, 0) is 92.0 Å². The number of fused-ring (bicyclic) bond motifs is 1. The fourth-order valence-electron chi connectivity index (χ4n) is 5.62. The third-order valence-corrected chi connectivity index (χ3v) is 8.30. The van der Waals surface area contributed by atoms with Crippen LogP contribution in [0.15, 0.2) is 96.2 Å². The molecule has 0 bridgehead atoms. The summed E-state index contributed by atoms with van der Waals surface area (Å²) in [5.41, 5.74) is 7.11. The summed E-state index contributed by atoms with van der Waals surface area (Å²) in [4.78, 5) is 16.9. The number of nitrogens with one attached hydrogen (secondary N) is 1. The Balaban J connectivity index is 1.06. The Hall–Kier alpha value is -4.98. The molecule has 8 heteroatoms. The molecule has 4 aromatic rings. The zero-order chi connectivity index (χ0) is 31.0. The zero-order valence-electron chi connectivity index (χ0n) is 25.2. The Bertz CT molecular complexity index is 1650. The number of nitrogens with zero attached hydrogens (tertiary/aromatic N) is 1. The first-order valence-electron chi connectivity index (χ1n) is 15.6. The first-order chi connectivity index (χ1) is 22.0. The maximum Gasteiger partial charge on any atom is 0.326 e. The molecule has 0 radical (unpaired) electrons. The molecule has 8 nitrogen and oxygen atoms in total. The van der Waals surface area contributed by atoms with Gasteiger partial charge in [-0.25, -0.2) is 9.78 Å². The fraction of sp³-hybridized carbons (Fsp3) is 0.297. The molecule has 3 N–H and O–H groups in total. The van der Waals surface area contributed by atoms with Crippen molar-refractivity contribution in [1.82, 2.24) is 10.3 Å². The standard InChI is InChI=1S/C37H38N2O6/c40-30-16-13-25(14-17-30)20-33(37(41)42)38-31(26-10-7-11-26)12-5-2-6-19-43-36-23-29(21-32(39-36)27-8-3-1-4-9-27)28-15-18-34-35(22-28)45-24-44-34/h1,3-4,8-9,13-18,21-23,33,38,40H,2,5-7,10-12,19-20,24H2,(H,41,42). The van der Waals surface area contributed by atoms with Crippen LogP contribution in [0.4, 0.5) is 0 Å². The van der Waals surface area contributed by atoms with Crippen LogP contribution < -0.4 is 19.5 Å². The molecule has 0 spiro atoms. The zero-order valence-corrected chi connectivity index (χ0v) is 25.2. The first-order valence-corrected chi connectivity index (χ1v) is 15.6. The molecular formula is C37H38N2O6. The lowest BCUT2D eigenvalue weighted by Crippen LogP contribution is -2.39. The van der Waals surface area contributed by atoms with Gasteiger partial charge in [-0.1, -0.05) is 54.1 Å². The number of phenols is 1. The second-order valence-corrected chi connectivity index (χ2v) is 11.5. The van der Waals surface area contributed by atoms with Crippen LogP contribution in [0.2, 0.25) is 0 Å². The topological polar surface area (TPSA) is 110 Å². The van der Waals surface area contributed by atoms with Crippen molar-refractivity contribution in [2.45, 2.75) is 57.4 Å². The number of hydrogen-bond acceptors (Lipinski definition) is 7. The summed E-state index contributed by atoms with van der Waals surface area (Å²) in [7, 11) is 0. The van der Waals surface area contributed by atoms with Gasteiger partial charge in [0, 0.05) is 23.7 Å². The molecule has 2 aliphatic rings. The number of phenolic OH excluding ortho intramolecular Hbond substituents is 1. The van der Waals surface area contributed by atoms with Crippen molar-refractivity contribution in [3.8, 4) is 45.5 Å². The molecule has 6 rings (SSSR count). The Kier molecular flexibility index (Phi) is 9.49. The highest BCUT2D eigenvalue weighted by Gasteiger charge is 2.22. The Morgan fingerprint density at radius 3 is 2.42 bits per heavy atom. The number of benzene rings is 3. The third-order valence-electron chi connectivity index (χ3n) is 8.30. The largest absolute Gasteiger partial charge is 0.508 e. The SMILES string of the molecule is O=C(O)C(Cc1ccc(O)cc1)NC(CCCCCOc1cc(-c2ccc3c(c2)OCO3)cc(-c2ccccc2)n1)=C1CCC1. The van der Waals surface area contributed by atoms with Crippen LogP contribution >= 0.6 is 0 Å². The van der Waals surface area contributed by atoms with E-state index in [2.05, 4.69) is 11.4 Å². The molecule has 1 aliphatic heterocycles. The number of rotatable bonds is 14. The monoisotopic (exact) mass is 606 g/mol. The Morgan fingerprint density at radius 2 is 1.67 bits per heavy atom. The number of carbonyl (C=O) groups is 1. The van der Waals surface area contributed by atoms with Gasteiger partial charge in [0.1, 0.15) is 11.8 Å². The van der Waals surface area contributed by atoms with Crippen molar-refractivity contribution in [1.29, 1.82) is 0 Å².